The van der Waals surface area contributed by atoms with Gasteiger partial charge in [-0.2, -0.15) is 0 Å². The zero-order valence-electron chi connectivity index (χ0n) is 12.9. The number of hydrogen-bond acceptors (Lipinski definition) is 7. The first-order valence-electron chi connectivity index (χ1n) is 6.88. The van der Waals surface area contributed by atoms with Crippen LogP contribution in [0.3, 0.4) is 0 Å². The molecular formula is C13H20N4O4S. The second kappa shape index (κ2) is 6.07. The van der Waals surface area contributed by atoms with Crippen molar-refractivity contribution in [3.63, 3.8) is 0 Å². The number of aromatic hydroxyl groups is 1. The molecule has 0 aromatic carbocycles. The molecule has 2 rings (SSSR count). The zero-order chi connectivity index (χ0) is 16.4. The Morgan fingerprint density at radius 1 is 1.32 bits per heavy atom. The minimum Gasteiger partial charge on any atom is -0.505 e. The van der Waals surface area contributed by atoms with Gasteiger partial charge >= 0.3 is 6.09 Å². The Morgan fingerprint density at radius 2 is 1.86 bits per heavy atom. The first-order chi connectivity index (χ1) is 10.2. The van der Waals surface area contributed by atoms with Crippen molar-refractivity contribution < 1.29 is 18.8 Å². The average Bonchev–Trinajstić information content (AvgIpc) is 2.38. The van der Waals surface area contributed by atoms with E-state index in [-0.39, 0.29) is 17.3 Å². The maximum atomic E-state index is 12.6. The van der Waals surface area contributed by atoms with Crippen LogP contribution in [0.2, 0.25) is 0 Å². The van der Waals surface area contributed by atoms with Crippen molar-refractivity contribution in [1.82, 2.24) is 9.97 Å². The Morgan fingerprint density at radius 3 is 2.36 bits per heavy atom. The molecule has 1 saturated heterocycles. The van der Waals surface area contributed by atoms with Crippen LogP contribution in [0.1, 0.15) is 20.8 Å². The van der Waals surface area contributed by atoms with E-state index in [1.54, 1.807) is 20.8 Å². The summed E-state index contributed by atoms with van der Waals surface area (Å²) < 4.78 is 21.4. The highest BCUT2D eigenvalue weighted by Crippen LogP contribution is 2.16. The molecule has 1 aromatic heterocycles. The van der Waals surface area contributed by atoms with E-state index in [2.05, 4.69) is 14.3 Å². The van der Waals surface area contributed by atoms with Crippen LogP contribution in [0.4, 0.5) is 10.7 Å². The fourth-order valence-corrected chi connectivity index (χ4v) is 3.61. The highest BCUT2D eigenvalue weighted by Gasteiger charge is 2.25. The summed E-state index contributed by atoms with van der Waals surface area (Å²) in [6.45, 7) is 6.06. The van der Waals surface area contributed by atoms with E-state index < -0.39 is 21.4 Å². The van der Waals surface area contributed by atoms with Gasteiger partial charge in [0.2, 0.25) is 5.95 Å². The lowest BCUT2D eigenvalue weighted by Crippen LogP contribution is -2.41. The van der Waals surface area contributed by atoms with E-state index in [4.69, 9.17) is 4.74 Å². The van der Waals surface area contributed by atoms with Crippen LogP contribution < -0.4 is 4.90 Å². The molecule has 22 heavy (non-hydrogen) atoms. The van der Waals surface area contributed by atoms with Crippen molar-refractivity contribution in [3.05, 3.63) is 12.4 Å². The topological polar surface area (TPSA) is 105 Å². The average molecular weight is 328 g/mol. The Bertz CT molecular complexity index is 646. The summed E-state index contributed by atoms with van der Waals surface area (Å²) in [6, 6.07) is 0. The van der Waals surface area contributed by atoms with E-state index in [0.717, 1.165) is 0 Å². The monoisotopic (exact) mass is 328 g/mol. The summed E-state index contributed by atoms with van der Waals surface area (Å²) >= 11 is 0. The minimum absolute atomic E-state index is 0.00974. The highest BCUT2D eigenvalue weighted by atomic mass is 32.2. The molecule has 1 amide bonds. The number of amides is 1. The maximum Gasteiger partial charge on any atom is 0.442 e. The maximum absolute atomic E-state index is 12.6. The number of aromatic nitrogens is 2. The third-order valence-corrected chi connectivity index (χ3v) is 5.02. The standard InChI is InChI=1S/C13H20N4O4S/c1-13(2,3)21-12(19)16-22(20)6-4-17(5-7-22)11-14-8-10(18)9-15-11/h8-9,18H,4-7H2,1-3H3. The molecule has 2 heterocycles. The summed E-state index contributed by atoms with van der Waals surface area (Å²) in [7, 11) is -2.61. The van der Waals surface area contributed by atoms with Gasteiger partial charge in [0.15, 0.2) is 5.75 Å². The van der Waals surface area contributed by atoms with Crippen molar-refractivity contribution >= 4 is 21.8 Å². The molecule has 0 atom stereocenters. The van der Waals surface area contributed by atoms with Gasteiger partial charge in [-0.15, -0.1) is 4.36 Å². The minimum atomic E-state index is -2.61. The van der Waals surface area contributed by atoms with Gasteiger partial charge in [-0.3, -0.25) is 0 Å². The lowest BCUT2D eigenvalue weighted by atomic mass is 10.2. The van der Waals surface area contributed by atoms with Crippen LogP contribution in [0, 0.1) is 0 Å². The van der Waals surface area contributed by atoms with E-state index in [9.17, 15) is 14.1 Å². The lowest BCUT2D eigenvalue weighted by Gasteiger charge is -2.28. The van der Waals surface area contributed by atoms with Gasteiger partial charge < -0.3 is 14.7 Å². The molecule has 122 valence electrons. The number of carbonyl (C=O) groups is 1. The third kappa shape index (κ3) is 4.55. The quantitative estimate of drug-likeness (QED) is 0.830. The number of anilines is 1. The molecular weight excluding hydrogens is 308 g/mol. The van der Waals surface area contributed by atoms with E-state index in [0.29, 0.717) is 19.0 Å². The first-order valence-corrected chi connectivity index (χ1v) is 8.74. The molecule has 8 nitrogen and oxygen atoms in total. The second-order valence-corrected chi connectivity index (χ2v) is 8.52. The predicted molar refractivity (Wildman–Crippen MR) is 82.4 cm³/mol. The largest absolute Gasteiger partial charge is 0.505 e. The van der Waals surface area contributed by atoms with Crippen LogP contribution in [0.15, 0.2) is 16.8 Å². The summed E-state index contributed by atoms with van der Waals surface area (Å²) in [5.41, 5.74) is -0.656. The molecule has 1 aromatic rings. The molecule has 0 saturated carbocycles. The van der Waals surface area contributed by atoms with Gasteiger partial charge in [-0.05, 0) is 20.8 Å². The Hall–Kier alpha value is -1.90. The van der Waals surface area contributed by atoms with Crippen LogP contribution in [-0.4, -0.2) is 55.6 Å². The third-order valence-electron chi connectivity index (χ3n) is 2.90. The van der Waals surface area contributed by atoms with Crippen LogP contribution >= 0.6 is 0 Å². The molecule has 1 aliphatic rings. The molecule has 0 aliphatic carbocycles. The van der Waals surface area contributed by atoms with E-state index >= 15 is 0 Å². The zero-order valence-corrected chi connectivity index (χ0v) is 13.7. The molecule has 1 N–H and O–H groups in total. The van der Waals surface area contributed by atoms with Crippen molar-refractivity contribution in [2.75, 3.05) is 29.5 Å². The fraction of sp³-hybridized carbons (Fsp3) is 0.615. The Balaban J connectivity index is 2.02. The normalized spacial score (nSPS) is 17.9. The molecule has 0 spiro atoms. The summed E-state index contributed by atoms with van der Waals surface area (Å²) in [4.78, 5) is 21.5. The predicted octanol–water partition coefficient (Wildman–Crippen LogP) is 1.41. The number of nitrogens with zero attached hydrogens (tertiary/aromatic N) is 4. The summed E-state index contributed by atoms with van der Waals surface area (Å²) in [5.74, 6) is 0.938. The molecule has 9 heteroatoms. The molecule has 0 radical (unpaired) electrons. The Kier molecular flexibility index (Phi) is 4.55. The van der Waals surface area contributed by atoms with Crippen molar-refractivity contribution in [1.29, 1.82) is 0 Å². The lowest BCUT2D eigenvalue weighted by molar-refractivity contribution is 0.0607. The fourth-order valence-electron chi connectivity index (χ4n) is 1.90. The SMILES string of the molecule is CC(C)(C)OC(=O)N=S1(=O)CCN(c2ncc(O)cn2)CC1. The van der Waals surface area contributed by atoms with Crippen molar-refractivity contribution in [2.45, 2.75) is 26.4 Å². The van der Waals surface area contributed by atoms with Gasteiger partial charge in [-0.25, -0.2) is 19.0 Å². The van der Waals surface area contributed by atoms with Gasteiger partial charge in [0.05, 0.1) is 33.6 Å². The molecule has 1 fully saturated rings. The summed E-state index contributed by atoms with van der Waals surface area (Å²) in [6.07, 6.45) is 1.82. The van der Waals surface area contributed by atoms with Crippen molar-refractivity contribution in [2.24, 2.45) is 4.36 Å². The Labute approximate surface area is 129 Å². The van der Waals surface area contributed by atoms with Gasteiger partial charge in [0, 0.05) is 13.1 Å². The number of carbonyl (C=O) groups excluding carboxylic acids is 1. The van der Waals surface area contributed by atoms with Crippen LogP contribution in [0.5, 0.6) is 5.75 Å². The number of hydrogen-bond donors (Lipinski definition) is 1. The second-order valence-electron chi connectivity index (χ2n) is 5.98. The number of ether oxygens (including phenoxy) is 1. The smallest absolute Gasteiger partial charge is 0.442 e. The van der Waals surface area contributed by atoms with E-state index in [1.165, 1.54) is 12.4 Å². The van der Waals surface area contributed by atoms with Crippen LogP contribution in [0.25, 0.3) is 0 Å². The van der Waals surface area contributed by atoms with E-state index in [1.807, 2.05) is 4.90 Å². The molecule has 1 aliphatic heterocycles. The van der Waals surface area contributed by atoms with Gasteiger partial charge in [0.1, 0.15) is 5.60 Å². The molecule has 0 bridgehead atoms. The number of rotatable bonds is 1. The van der Waals surface area contributed by atoms with Gasteiger partial charge in [-0.1, -0.05) is 0 Å². The van der Waals surface area contributed by atoms with Crippen molar-refractivity contribution in [3.8, 4) is 5.75 Å². The molecule has 0 unspecified atom stereocenters. The first kappa shape index (κ1) is 16.5. The summed E-state index contributed by atoms with van der Waals surface area (Å²) in [5, 5.41) is 9.17. The highest BCUT2D eigenvalue weighted by molar-refractivity contribution is 7.94. The van der Waals surface area contributed by atoms with Gasteiger partial charge in [0.25, 0.3) is 0 Å². The van der Waals surface area contributed by atoms with Crippen LogP contribution in [-0.2, 0) is 14.5 Å².